The summed E-state index contributed by atoms with van der Waals surface area (Å²) in [5, 5.41) is 21.6. The minimum absolute atomic E-state index is 0.254. The van der Waals surface area contributed by atoms with Gasteiger partial charge in [-0.05, 0) is 24.3 Å². The van der Waals surface area contributed by atoms with Crippen LogP contribution in [0, 0.1) is 11.3 Å². The Morgan fingerprint density at radius 2 is 2.07 bits per heavy atom. The molecule has 1 N–H and O–H groups in total. The van der Waals surface area contributed by atoms with Crippen LogP contribution in [0.5, 0.6) is 0 Å². The Kier molecular flexibility index (Phi) is 4.34. The van der Waals surface area contributed by atoms with Gasteiger partial charge in [0.15, 0.2) is 10.8 Å². The molecule has 0 saturated carbocycles. The molecule has 4 aromatic rings. The van der Waals surface area contributed by atoms with E-state index in [9.17, 15) is 4.79 Å². The summed E-state index contributed by atoms with van der Waals surface area (Å²) < 4.78 is 1.40. The largest absolute Gasteiger partial charge is 0.296 e. The lowest BCUT2D eigenvalue weighted by atomic mass is 10.2. The summed E-state index contributed by atoms with van der Waals surface area (Å²) >= 11 is 1.26. The van der Waals surface area contributed by atoms with Crippen LogP contribution in [0.15, 0.2) is 54.3 Å². The number of nitriles is 1. The molecule has 0 saturated heterocycles. The highest BCUT2D eigenvalue weighted by Crippen LogP contribution is 2.24. The van der Waals surface area contributed by atoms with Crippen molar-refractivity contribution in [2.24, 2.45) is 0 Å². The predicted molar refractivity (Wildman–Crippen MR) is 97.2 cm³/mol. The number of nitrogens with one attached hydrogen (secondary N) is 1. The van der Waals surface area contributed by atoms with Crippen molar-refractivity contribution in [1.29, 1.82) is 5.26 Å². The van der Waals surface area contributed by atoms with E-state index in [4.69, 9.17) is 5.26 Å². The van der Waals surface area contributed by atoms with Crippen molar-refractivity contribution >= 4 is 22.4 Å². The van der Waals surface area contributed by atoms with Crippen LogP contribution in [0.4, 0.5) is 5.13 Å². The van der Waals surface area contributed by atoms with Crippen LogP contribution in [0.2, 0.25) is 0 Å². The maximum atomic E-state index is 12.6. The van der Waals surface area contributed by atoms with Crippen LogP contribution < -0.4 is 5.32 Å². The molecule has 0 bridgehead atoms. The number of carbonyl (C=O) groups excluding carboxylic acids is 1. The van der Waals surface area contributed by atoms with E-state index in [1.807, 2.05) is 6.07 Å². The number of carbonyl (C=O) groups is 1. The summed E-state index contributed by atoms with van der Waals surface area (Å²) in [4.78, 5) is 25.2. The second kappa shape index (κ2) is 7.11. The molecule has 0 aliphatic heterocycles. The molecular formula is C17H10N8OS. The molecular weight excluding hydrogens is 364 g/mol. The number of amides is 1. The number of thiazole rings is 1. The molecule has 27 heavy (non-hydrogen) atoms. The van der Waals surface area contributed by atoms with Gasteiger partial charge in [0.1, 0.15) is 17.5 Å². The zero-order valence-corrected chi connectivity index (χ0v) is 14.5. The van der Waals surface area contributed by atoms with Gasteiger partial charge in [0.2, 0.25) is 0 Å². The topological polar surface area (TPSA) is 122 Å². The van der Waals surface area contributed by atoms with Gasteiger partial charge in [-0.2, -0.15) is 5.26 Å². The first kappa shape index (κ1) is 16.5. The number of hydrogen-bond acceptors (Lipinski definition) is 8. The van der Waals surface area contributed by atoms with E-state index in [0.29, 0.717) is 27.9 Å². The van der Waals surface area contributed by atoms with Gasteiger partial charge in [-0.25, -0.2) is 14.6 Å². The monoisotopic (exact) mass is 374 g/mol. The van der Waals surface area contributed by atoms with Gasteiger partial charge in [0, 0.05) is 11.6 Å². The lowest BCUT2D eigenvalue weighted by molar-refractivity contribution is 0.101. The highest BCUT2D eigenvalue weighted by Gasteiger charge is 2.17. The van der Waals surface area contributed by atoms with Gasteiger partial charge in [-0.15, -0.1) is 16.4 Å². The Bertz CT molecular complexity index is 1140. The van der Waals surface area contributed by atoms with E-state index >= 15 is 0 Å². The van der Waals surface area contributed by atoms with Crippen molar-refractivity contribution in [3.8, 4) is 23.1 Å². The molecule has 0 atom stereocenters. The van der Waals surface area contributed by atoms with Crippen LogP contribution in [-0.4, -0.2) is 35.9 Å². The third-order valence-corrected chi connectivity index (χ3v) is 4.28. The van der Waals surface area contributed by atoms with Crippen molar-refractivity contribution in [3.63, 3.8) is 0 Å². The van der Waals surface area contributed by atoms with E-state index in [1.165, 1.54) is 22.2 Å². The second-order valence-corrected chi connectivity index (χ2v) is 6.11. The van der Waals surface area contributed by atoms with Gasteiger partial charge in [0.05, 0.1) is 23.8 Å². The third kappa shape index (κ3) is 3.39. The number of pyridine rings is 2. The lowest BCUT2D eigenvalue weighted by Gasteiger charge is -2.04. The normalized spacial score (nSPS) is 10.3. The van der Waals surface area contributed by atoms with Crippen LogP contribution in [0.1, 0.15) is 16.2 Å². The molecule has 4 rings (SSSR count). The lowest BCUT2D eigenvalue weighted by Crippen LogP contribution is -2.17. The number of nitrogens with zero attached hydrogens (tertiary/aromatic N) is 7. The molecule has 4 heterocycles. The quantitative estimate of drug-likeness (QED) is 0.581. The maximum absolute atomic E-state index is 12.6. The Morgan fingerprint density at radius 3 is 2.89 bits per heavy atom. The van der Waals surface area contributed by atoms with Crippen molar-refractivity contribution < 1.29 is 4.79 Å². The molecule has 4 aromatic heterocycles. The molecule has 0 aromatic carbocycles. The van der Waals surface area contributed by atoms with Crippen LogP contribution in [0.3, 0.4) is 0 Å². The molecule has 130 valence electrons. The summed E-state index contributed by atoms with van der Waals surface area (Å²) in [5.41, 5.74) is 2.32. The van der Waals surface area contributed by atoms with Gasteiger partial charge >= 0.3 is 0 Å². The Balaban J connectivity index is 1.56. The van der Waals surface area contributed by atoms with Gasteiger partial charge in [-0.3, -0.25) is 15.1 Å². The first-order chi connectivity index (χ1) is 13.2. The molecule has 0 fully saturated rings. The minimum atomic E-state index is -0.400. The first-order valence-corrected chi connectivity index (χ1v) is 8.58. The summed E-state index contributed by atoms with van der Waals surface area (Å²) in [6, 6.07) is 10.6. The fourth-order valence-corrected chi connectivity index (χ4v) is 3.01. The molecule has 0 unspecified atom stereocenters. The zero-order chi connectivity index (χ0) is 18.6. The highest BCUT2D eigenvalue weighted by atomic mass is 32.1. The molecule has 1 amide bonds. The molecule has 9 nitrogen and oxygen atoms in total. The van der Waals surface area contributed by atoms with Gasteiger partial charge in [-0.1, -0.05) is 11.3 Å². The summed E-state index contributed by atoms with van der Waals surface area (Å²) in [6.45, 7) is 0. The Labute approximate surface area is 157 Å². The number of hydrogen-bond donors (Lipinski definition) is 1. The van der Waals surface area contributed by atoms with Crippen molar-refractivity contribution in [2.45, 2.75) is 0 Å². The summed E-state index contributed by atoms with van der Waals surface area (Å²) in [7, 11) is 0. The molecule has 0 radical (unpaired) electrons. The smallest absolute Gasteiger partial charge is 0.277 e. The SMILES string of the molecule is N#Cc1cccc(-c2csc(NC(=O)c3cnnn3-c3cccnc3)n2)n1. The standard InChI is InChI=1S/C17H10N8OS/c18-7-11-3-1-5-13(21-11)14-10-27-17(22-14)23-16(26)15-9-20-24-25(15)12-4-2-6-19-8-12/h1-6,8-10H,(H,22,23,26). The van der Waals surface area contributed by atoms with E-state index < -0.39 is 5.91 Å². The molecule has 0 aliphatic carbocycles. The third-order valence-electron chi connectivity index (χ3n) is 3.52. The molecule has 0 spiro atoms. The molecule has 10 heteroatoms. The average molecular weight is 374 g/mol. The number of anilines is 1. The number of aromatic nitrogens is 6. The van der Waals surface area contributed by atoms with Gasteiger partial charge < -0.3 is 0 Å². The van der Waals surface area contributed by atoms with Crippen molar-refractivity contribution in [2.75, 3.05) is 5.32 Å². The van der Waals surface area contributed by atoms with E-state index in [1.54, 1.807) is 48.1 Å². The predicted octanol–water partition coefficient (Wildman–Crippen LogP) is 2.30. The maximum Gasteiger partial charge on any atom is 0.277 e. The number of rotatable bonds is 4. The zero-order valence-electron chi connectivity index (χ0n) is 13.6. The van der Waals surface area contributed by atoms with E-state index in [-0.39, 0.29) is 5.69 Å². The molecule has 0 aliphatic rings. The van der Waals surface area contributed by atoms with Crippen LogP contribution >= 0.6 is 11.3 Å². The first-order valence-electron chi connectivity index (χ1n) is 7.70. The Hall–Kier alpha value is -3.97. The van der Waals surface area contributed by atoms with Crippen molar-refractivity contribution in [1.82, 2.24) is 29.9 Å². The van der Waals surface area contributed by atoms with Gasteiger partial charge in [0.25, 0.3) is 5.91 Å². The fourth-order valence-electron chi connectivity index (χ4n) is 2.31. The summed E-state index contributed by atoms with van der Waals surface area (Å²) in [5.74, 6) is -0.400. The van der Waals surface area contributed by atoms with Crippen LogP contribution in [-0.2, 0) is 0 Å². The Morgan fingerprint density at radius 1 is 1.15 bits per heavy atom. The van der Waals surface area contributed by atoms with E-state index in [0.717, 1.165) is 0 Å². The second-order valence-electron chi connectivity index (χ2n) is 5.25. The minimum Gasteiger partial charge on any atom is -0.296 e. The van der Waals surface area contributed by atoms with Crippen LogP contribution in [0.25, 0.3) is 17.1 Å². The van der Waals surface area contributed by atoms with E-state index in [2.05, 4.69) is 30.6 Å². The average Bonchev–Trinajstić information content (AvgIpc) is 3.38. The fraction of sp³-hybridized carbons (Fsp3) is 0. The highest BCUT2D eigenvalue weighted by molar-refractivity contribution is 7.14. The summed E-state index contributed by atoms with van der Waals surface area (Å²) in [6.07, 6.45) is 4.59. The van der Waals surface area contributed by atoms with Crippen molar-refractivity contribution in [3.05, 3.63) is 65.7 Å².